The van der Waals surface area contributed by atoms with E-state index < -0.39 is 24.7 Å². The van der Waals surface area contributed by atoms with Crippen molar-refractivity contribution in [2.75, 3.05) is 12.0 Å². The molecule has 7 heteroatoms. The zero-order valence-corrected chi connectivity index (χ0v) is 10.7. The number of hydrogen-bond donors (Lipinski definition) is 2. The molecule has 0 spiro atoms. The summed E-state index contributed by atoms with van der Waals surface area (Å²) in [4.78, 5) is 12.8. The van der Waals surface area contributed by atoms with E-state index in [9.17, 15) is 18.0 Å². The van der Waals surface area contributed by atoms with Gasteiger partial charge < -0.3 is 10.3 Å². The van der Waals surface area contributed by atoms with Gasteiger partial charge in [-0.15, -0.1) is 0 Å². The van der Waals surface area contributed by atoms with Gasteiger partial charge in [-0.1, -0.05) is 0 Å². The van der Waals surface area contributed by atoms with Crippen molar-refractivity contribution in [3.63, 3.8) is 0 Å². The van der Waals surface area contributed by atoms with Gasteiger partial charge in [-0.2, -0.15) is 13.2 Å². The lowest BCUT2D eigenvalue weighted by Gasteiger charge is -2.27. The van der Waals surface area contributed by atoms with Gasteiger partial charge >= 0.3 is 6.18 Å². The van der Waals surface area contributed by atoms with E-state index in [2.05, 4.69) is 5.43 Å². The van der Waals surface area contributed by atoms with Crippen molar-refractivity contribution in [1.82, 2.24) is 4.90 Å². The van der Waals surface area contributed by atoms with Gasteiger partial charge in [-0.25, -0.2) is 0 Å². The second-order valence-corrected chi connectivity index (χ2v) is 4.36. The molecule has 19 heavy (non-hydrogen) atoms. The van der Waals surface area contributed by atoms with E-state index >= 15 is 0 Å². The summed E-state index contributed by atoms with van der Waals surface area (Å²) in [5.74, 6) is 4.52. The number of hydrogen-bond acceptors (Lipinski definition) is 3. The SMILES string of the molecule is CC(C)N(CC(F)(F)F)C(=O)c1ccc(NN)cc1. The van der Waals surface area contributed by atoms with Gasteiger partial charge in [-0.05, 0) is 38.1 Å². The summed E-state index contributed by atoms with van der Waals surface area (Å²) in [7, 11) is 0. The maximum Gasteiger partial charge on any atom is 0.406 e. The summed E-state index contributed by atoms with van der Waals surface area (Å²) in [6.45, 7) is 1.82. The fourth-order valence-corrected chi connectivity index (χ4v) is 1.56. The van der Waals surface area contributed by atoms with E-state index in [0.29, 0.717) is 5.69 Å². The summed E-state index contributed by atoms with van der Waals surface area (Å²) >= 11 is 0. The molecule has 0 aromatic heterocycles. The molecular formula is C12H16F3N3O. The molecule has 0 unspecified atom stereocenters. The molecule has 1 amide bonds. The van der Waals surface area contributed by atoms with Crippen LogP contribution in [0.15, 0.2) is 24.3 Å². The van der Waals surface area contributed by atoms with Gasteiger partial charge in [0.05, 0.1) is 0 Å². The number of amides is 1. The Labute approximate surface area is 109 Å². The van der Waals surface area contributed by atoms with Crippen LogP contribution in [0.3, 0.4) is 0 Å². The molecular weight excluding hydrogens is 259 g/mol. The Morgan fingerprint density at radius 2 is 1.84 bits per heavy atom. The molecule has 0 heterocycles. The highest BCUT2D eigenvalue weighted by Gasteiger charge is 2.34. The monoisotopic (exact) mass is 275 g/mol. The molecule has 3 N–H and O–H groups in total. The molecule has 0 saturated heterocycles. The van der Waals surface area contributed by atoms with E-state index in [4.69, 9.17) is 5.84 Å². The molecule has 4 nitrogen and oxygen atoms in total. The first-order valence-electron chi connectivity index (χ1n) is 5.69. The normalized spacial score (nSPS) is 11.5. The van der Waals surface area contributed by atoms with Crippen molar-refractivity contribution in [1.29, 1.82) is 0 Å². The zero-order valence-electron chi connectivity index (χ0n) is 10.7. The Morgan fingerprint density at radius 1 is 1.32 bits per heavy atom. The minimum atomic E-state index is -4.42. The second kappa shape index (κ2) is 5.92. The molecule has 0 aliphatic rings. The number of carbonyl (C=O) groups excluding carboxylic acids is 1. The number of halogens is 3. The molecule has 106 valence electrons. The standard InChI is InChI=1S/C12H16F3N3O/c1-8(2)18(7-12(13,14)15)11(19)9-3-5-10(17-16)6-4-9/h3-6,8,17H,7,16H2,1-2H3. The van der Waals surface area contributed by atoms with Crippen molar-refractivity contribution in [2.24, 2.45) is 5.84 Å². The summed E-state index contributed by atoms with van der Waals surface area (Å²) in [5, 5.41) is 0. The quantitative estimate of drug-likeness (QED) is 0.655. The number of anilines is 1. The summed E-state index contributed by atoms with van der Waals surface area (Å²) < 4.78 is 37.3. The van der Waals surface area contributed by atoms with Gasteiger partial charge in [0.1, 0.15) is 6.54 Å². The fraction of sp³-hybridized carbons (Fsp3) is 0.417. The Balaban J connectivity index is 2.92. The lowest BCUT2D eigenvalue weighted by atomic mass is 10.1. The minimum Gasteiger partial charge on any atom is -0.327 e. The first kappa shape index (κ1) is 15.3. The molecule has 1 aromatic carbocycles. The third kappa shape index (κ3) is 4.44. The number of rotatable bonds is 4. The van der Waals surface area contributed by atoms with E-state index in [-0.39, 0.29) is 5.56 Å². The van der Waals surface area contributed by atoms with Crippen LogP contribution in [-0.4, -0.2) is 29.6 Å². The van der Waals surface area contributed by atoms with Gasteiger partial charge in [-0.3, -0.25) is 10.6 Å². The Hall–Kier alpha value is -1.76. The smallest absolute Gasteiger partial charge is 0.327 e. The van der Waals surface area contributed by atoms with Gasteiger partial charge in [0, 0.05) is 17.3 Å². The van der Waals surface area contributed by atoms with Crippen LogP contribution in [0.1, 0.15) is 24.2 Å². The highest BCUT2D eigenvalue weighted by Crippen LogP contribution is 2.20. The van der Waals surface area contributed by atoms with Crippen LogP contribution in [0.2, 0.25) is 0 Å². The summed E-state index contributed by atoms with van der Waals surface area (Å²) in [5.41, 5.74) is 3.14. The maximum atomic E-state index is 12.4. The van der Waals surface area contributed by atoms with Crippen LogP contribution >= 0.6 is 0 Å². The molecule has 0 aliphatic carbocycles. The molecule has 0 atom stereocenters. The first-order valence-corrected chi connectivity index (χ1v) is 5.69. The van der Waals surface area contributed by atoms with Crippen molar-refractivity contribution >= 4 is 11.6 Å². The van der Waals surface area contributed by atoms with Crippen molar-refractivity contribution < 1.29 is 18.0 Å². The van der Waals surface area contributed by atoms with Crippen LogP contribution in [0.25, 0.3) is 0 Å². The largest absolute Gasteiger partial charge is 0.406 e. The van der Waals surface area contributed by atoms with Crippen LogP contribution in [0.5, 0.6) is 0 Å². The first-order chi connectivity index (χ1) is 8.74. The Kier molecular flexibility index (Phi) is 4.77. The lowest BCUT2D eigenvalue weighted by Crippen LogP contribution is -2.43. The van der Waals surface area contributed by atoms with Gasteiger partial charge in [0.25, 0.3) is 5.91 Å². The lowest BCUT2D eigenvalue weighted by molar-refractivity contribution is -0.143. The van der Waals surface area contributed by atoms with Gasteiger partial charge in [0.15, 0.2) is 0 Å². The fourth-order valence-electron chi connectivity index (χ4n) is 1.56. The van der Waals surface area contributed by atoms with Crippen molar-refractivity contribution in [3.8, 4) is 0 Å². The predicted octanol–water partition coefficient (Wildman–Crippen LogP) is 2.39. The van der Waals surface area contributed by atoms with Crippen molar-refractivity contribution in [2.45, 2.75) is 26.1 Å². The Bertz CT molecular complexity index is 429. The van der Waals surface area contributed by atoms with E-state index in [1.165, 1.54) is 24.3 Å². The molecule has 0 aliphatic heterocycles. The molecule has 0 bridgehead atoms. The molecule has 1 aromatic rings. The molecule has 0 saturated carbocycles. The number of hydrazine groups is 1. The molecule has 0 radical (unpaired) electrons. The summed E-state index contributed by atoms with van der Waals surface area (Å²) in [6.07, 6.45) is -4.42. The minimum absolute atomic E-state index is 0.192. The molecule has 0 fully saturated rings. The van der Waals surface area contributed by atoms with Crippen molar-refractivity contribution in [3.05, 3.63) is 29.8 Å². The number of nitrogens with two attached hydrogens (primary N) is 1. The maximum absolute atomic E-state index is 12.4. The number of nitrogen functional groups attached to an aromatic ring is 1. The third-order valence-corrected chi connectivity index (χ3v) is 2.53. The van der Waals surface area contributed by atoms with Crippen LogP contribution in [0, 0.1) is 0 Å². The van der Waals surface area contributed by atoms with Crippen LogP contribution < -0.4 is 11.3 Å². The number of nitrogens with one attached hydrogen (secondary N) is 1. The van der Waals surface area contributed by atoms with E-state index in [0.717, 1.165) is 4.90 Å². The number of alkyl halides is 3. The highest BCUT2D eigenvalue weighted by atomic mass is 19.4. The number of nitrogens with zero attached hydrogens (tertiary/aromatic N) is 1. The topological polar surface area (TPSA) is 58.4 Å². The average Bonchev–Trinajstić information content (AvgIpc) is 2.34. The second-order valence-electron chi connectivity index (χ2n) is 4.36. The number of carbonyl (C=O) groups is 1. The average molecular weight is 275 g/mol. The third-order valence-electron chi connectivity index (χ3n) is 2.53. The Morgan fingerprint density at radius 3 is 2.21 bits per heavy atom. The van der Waals surface area contributed by atoms with E-state index in [1.807, 2.05) is 0 Å². The molecule has 1 rings (SSSR count). The zero-order chi connectivity index (χ0) is 14.6. The summed E-state index contributed by atoms with van der Waals surface area (Å²) in [6, 6.07) is 5.38. The highest BCUT2D eigenvalue weighted by molar-refractivity contribution is 5.94. The van der Waals surface area contributed by atoms with E-state index in [1.54, 1.807) is 13.8 Å². The predicted molar refractivity (Wildman–Crippen MR) is 66.5 cm³/mol. The van der Waals surface area contributed by atoms with Crippen LogP contribution in [0.4, 0.5) is 18.9 Å². The van der Waals surface area contributed by atoms with Crippen LogP contribution in [-0.2, 0) is 0 Å². The number of benzene rings is 1. The van der Waals surface area contributed by atoms with Gasteiger partial charge in [0.2, 0.25) is 0 Å².